The van der Waals surface area contributed by atoms with Gasteiger partial charge in [0.25, 0.3) is 0 Å². The van der Waals surface area contributed by atoms with Crippen molar-refractivity contribution < 1.29 is 0 Å². The van der Waals surface area contributed by atoms with Crippen molar-refractivity contribution in [2.45, 2.75) is 26.8 Å². The Balaban J connectivity index is 0.00000289. The minimum atomic E-state index is 0. The molecule has 0 spiro atoms. The minimum absolute atomic E-state index is 0. The lowest BCUT2D eigenvalue weighted by molar-refractivity contribution is 0.800. The first-order valence-electron chi connectivity index (χ1n) is 5.73. The van der Waals surface area contributed by atoms with Crippen LogP contribution in [0, 0.1) is 6.92 Å². The molecule has 0 aliphatic heterocycles. The SMILES string of the molecule is CC=CCCNC(=NC)NCc1ncc(C)s1.I. The quantitative estimate of drug-likeness (QED) is 0.272. The number of guanidine groups is 1. The zero-order valence-corrected chi connectivity index (χ0v) is 14.2. The molecule has 1 rings (SSSR count). The van der Waals surface area contributed by atoms with Crippen molar-refractivity contribution in [2.24, 2.45) is 4.99 Å². The minimum Gasteiger partial charge on any atom is -0.356 e. The lowest BCUT2D eigenvalue weighted by Crippen LogP contribution is -2.37. The Morgan fingerprint density at radius 2 is 2.28 bits per heavy atom. The van der Waals surface area contributed by atoms with Crippen LogP contribution >= 0.6 is 35.3 Å². The Labute approximate surface area is 130 Å². The number of thiazole rings is 1. The highest BCUT2D eigenvalue weighted by Gasteiger charge is 2.00. The monoisotopic (exact) mass is 380 g/mol. The first-order valence-corrected chi connectivity index (χ1v) is 6.55. The van der Waals surface area contributed by atoms with Gasteiger partial charge in [0.05, 0.1) is 6.54 Å². The van der Waals surface area contributed by atoms with Crippen molar-refractivity contribution in [3.63, 3.8) is 0 Å². The molecular formula is C12H21IN4S. The fraction of sp³-hybridized carbons (Fsp3) is 0.500. The van der Waals surface area contributed by atoms with Crippen LogP contribution in [0.3, 0.4) is 0 Å². The van der Waals surface area contributed by atoms with E-state index in [0.29, 0.717) is 0 Å². The van der Waals surface area contributed by atoms with Gasteiger partial charge < -0.3 is 10.6 Å². The Hall–Kier alpha value is -0.630. The summed E-state index contributed by atoms with van der Waals surface area (Å²) in [6, 6.07) is 0. The van der Waals surface area contributed by atoms with Gasteiger partial charge >= 0.3 is 0 Å². The number of aryl methyl sites for hydroxylation is 1. The average molecular weight is 380 g/mol. The zero-order valence-electron chi connectivity index (χ0n) is 11.1. The summed E-state index contributed by atoms with van der Waals surface area (Å²) in [5.74, 6) is 0.822. The van der Waals surface area contributed by atoms with E-state index in [1.54, 1.807) is 18.4 Å². The molecule has 4 nitrogen and oxygen atoms in total. The van der Waals surface area contributed by atoms with E-state index in [0.717, 1.165) is 30.5 Å². The van der Waals surface area contributed by atoms with Gasteiger partial charge in [0.1, 0.15) is 5.01 Å². The van der Waals surface area contributed by atoms with Crippen LogP contribution in [0.1, 0.15) is 23.2 Å². The van der Waals surface area contributed by atoms with E-state index in [1.165, 1.54) is 4.88 Å². The number of hydrogen-bond acceptors (Lipinski definition) is 3. The summed E-state index contributed by atoms with van der Waals surface area (Å²) in [4.78, 5) is 9.68. The van der Waals surface area contributed by atoms with E-state index >= 15 is 0 Å². The molecule has 0 atom stereocenters. The van der Waals surface area contributed by atoms with Gasteiger partial charge in [-0.05, 0) is 20.3 Å². The smallest absolute Gasteiger partial charge is 0.191 e. The van der Waals surface area contributed by atoms with Crippen molar-refractivity contribution in [2.75, 3.05) is 13.6 Å². The van der Waals surface area contributed by atoms with Crippen LogP contribution in [0.15, 0.2) is 23.3 Å². The summed E-state index contributed by atoms with van der Waals surface area (Å²) in [5.41, 5.74) is 0. The summed E-state index contributed by atoms with van der Waals surface area (Å²) in [7, 11) is 1.78. The average Bonchev–Trinajstić information content (AvgIpc) is 2.74. The van der Waals surface area contributed by atoms with Gasteiger partial charge in [0, 0.05) is 24.7 Å². The van der Waals surface area contributed by atoms with Gasteiger partial charge in [-0.25, -0.2) is 4.98 Å². The summed E-state index contributed by atoms with van der Waals surface area (Å²) in [6.45, 7) is 5.70. The molecule has 2 N–H and O–H groups in total. The molecule has 1 heterocycles. The van der Waals surface area contributed by atoms with Gasteiger partial charge in [-0.3, -0.25) is 4.99 Å². The molecule has 0 aliphatic carbocycles. The van der Waals surface area contributed by atoms with Crippen molar-refractivity contribution in [3.05, 3.63) is 28.2 Å². The number of rotatable bonds is 5. The molecule has 0 fully saturated rings. The number of aliphatic imine (C=N–C) groups is 1. The maximum Gasteiger partial charge on any atom is 0.191 e. The van der Waals surface area contributed by atoms with Gasteiger partial charge in [0.2, 0.25) is 0 Å². The molecular weight excluding hydrogens is 359 g/mol. The van der Waals surface area contributed by atoms with Gasteiger partial charge in [-0.1, -0.05) is 12.2 Å². The Kier molecular flexibility index (Phi) is 9.95. The number of nitrogens with one attached hydrogen (secondary N) is 2. The molecule has 0 aromatic carbocycles. The van der Waals surface area contributed by atoms with E-state index in [1.807, 2.05) is 13.1 Å². The summed E-state index contributed by atoms with van der Waals surface area (Å²) < 4.78 is 0. The molecule has 1 aromatic heterocycles. The summed E-state index contributed by atoms with van der Waals surface area (Å²) in [5, 5.41) is 7.57. The fourth-order valence-corrected chi connectivity index (χ4v) is 2.03. The predicted octanol–water partition coefficient (Wildman–Crippen LogP) is 2.70. The molecule has 0 bridgehead atoms. The van der Waals surface area contributed by atoms with Gasteiger partial charge in [-0.2, -0.15) is 0 Å². The van der Waals surface area contributed by atoms with Crippen molar-refractivity contribution in [1.82, 2.24) is 15.6 Å². The Morgan fingerprint density at radius 1 is 1.50 bits per heavy atom. The normalized spacial score (nSPS) is 11.4. The van der Waals surface area contributed by atoms with Crippen LogP contribution in [0.5, 0.6) is 0 Å². The number of hydrogen-bond donors (Lipinski definition) is 2. The molecule has 0 amide bonds. The van der Waals surface area contributed by atoms with E-state index < -0.39 is 0 Å². The second kappa shape index (κ2) is 10.3. The van der Waals surface area contributed by atoms with Gasteiger partial charge in [-0.15, -0.1) is 35.3 Å². The molecule has 18 heavy (non-hydrogen) atoms. The predicted molar refractivity (Wildman–Crippen MR) is 89.9 cm³/mol. The molecule has 6 heteroatoms. The highest BCUT2D eigenvalue weighted by atomic mass is 127. The van der Waals surface area contributed by atoms with E-state index in [2.05, 4.69) is 39.7 Å². The first-order chi connectivity index (χ1) is 8.26. The van der Waals surface area contributed by atoms with Crippen LogP contribution < -0.4 is 10.6 Å². The van der Waals surface area contributed by atoms with E-state index in [4.69, 9.17) is 0 Å². The highest BCUT2D eigenvalue weighted by Crippen LogP contribution is 2.10. The van der Waals surface area contributed by atoms with Crippen LogP contribution in [0.25, 0.3) is 0 Å². The third-order valence-electron chi connectivity index (χ3n) is 2.14. The number of nitrogens with zero attached hydrogens (tertiary/aromatic N) is 2. The number of allylic oxidation sites excluding steroid dienone is 1. The number of halogens is 1. The molecule has 0 radical (unpaired) electrons. The van der Waals surface area contributed by atoms with Crippen molar-refractivity contribution in [3.8, 4) is 0 Å². The lowest BCUT2D eigenvalue weighted by atomic mass is 10.4. The molecule has 0 saturated heterocycles. The Morgan fingerprint density at radius 3 is 2.83 bits per heavy atom. The zero-order chi connectivity index (χ0) is 12.5. The second-order valence-corrected chi connectivity index (χ2v) is 4.89. The molecule has 0 saturated carbocycles. The van der Waals surface area contributed by atoms with E-state index in [-0.39, 0.29) is 24.0 Å². The fourth-order valence-electron chi connectivity index (χ4n) is 1.30. The topological polar surface area (TPSA) is 49.3 Å². The molecule has 1 aromatic rings. The largest absolute Gasteiger partial charge is 0.356 e. The van der Waals surface area contributed by atoms with Crippen LogP contribution in [0.4, 0.5) is 0 Å². The maximum atomic E-state index is 4.29. The first kappa shape index (κ1) is 17.4. The molecule has 0 unspecified atom stereocenters. The highest BCUT2D eigenvalue weighted by molar-refractivity contribution is 14.0. The molecule has 102 valence electrons. The summed E-state index contributed by atoms with van der Waals surface area (Å²) in [6.07, 6.45) is 7.08. The molecule has 0 aliphatic rings. The standard InChI is InChI=1S/C12H20N4S.HI/c1-4-5-6-7-14-12(13-3)16-9-11-15-8-10(2)17-11;/h4-5,8H,6-7,9H2,1-3H3,(H2,13,14,16);1H. The maximum absolute atomic E-state index is 4.29. The number of aromatic nitrogens is 1. The lowest BCUT2D eigenvalue weighted by Gasteiger charge is -2.09. The van der Waals surface area contributed by atoms with Crippen molar-refractivity contribution in [1.29, 1.82) is 0 Å². The van der Waals surface area contributed by atoms with Crippen molar-refractivity contribution >= 4 is 41.3 Å². The summed E-state index contributed by atoms with van der Waals surface area (Å²) >= 11 is 1.70. The second-order valence-electron chi connectivity index (χ2n) is 3.57. The Bertz CT molecular complexity index is 387. The van der Waals surface area contributed by atoms with E-state index in [9.17, 15) is 0 Å². The van der Waals surface area contributed by atoms with Crippen LogP contribution in [-0.2, 0) is 6.54 Å². The third-order valence-corrected chi connectivity index (χ3v) is 3.05. The van der Waals surface area contributed by atoms with Crippen LogP contribution in [0.2, 0.25) is 0 Å². The van der Waals surface area contributed by atoms with Crippen LogP contribution in [-0.4, -0.2) is 24.5 Å². The van der Waals surface area contributed by atoms with Gasteiger partial charge in [0.15, 0.2) is 5.96 Å². The third kappa shape index (κ3) is 6.95.